The van der Waals surface area contributed by atoms with Crippen molar-refractivity contribution in [2.75, 3.05) is 18.0 Å². The molecule has 0 aliphatic heterocycles. The Kier molecular flexibility index (Phi) is 7.19. The second kappa shape index (κ2) is 8.70. The highest BCUT2D eigenvalue weighted by molar-refractivity contribution is 5.94. The Morgan fingerprint density at radius 2 is 1.95 bits per heavy atom. The van der Waals surface area contributed by atoms with E-state index in [1.165, 1.54) is 0 Å². The number of carbonyl (C=O) groups is 1. The molecule has 106 valence electrons. The van der Waals surface area contributed by atoms with E-state index in [1.807, 2.05) is 42.2 Å². The number of anilines is 1. The molecule has 0 aliphatic carbocycles. The van der Waals surface area contributed by atoms with E-state index in [2.05, 4.69) is 6.92 Å². The smallest absolute Gasteiger partial charge is 0.229 e. The minimum atomic E-state index is 0.0422. The Bertz CT molecular complexity index is 364. The largest absolute Gasteiger partial charge is 0.330 e. The van der Waals surface area contributed by atoms with Crippen LogP contribution in [0, 0.1) is 5.92 Å². The number of carbonyl (C=O) groups excluding carboxylic acids is 1. The van der Waals surface area contributed by atoms with Gasteiger partial charge < -0.3 is 10.6 Å². The summed E-state index contributed by atoms with van der Waals surface area (Å²) in [6, 6.07) is 9.94. The monoisotopic (exact) mass is 262 g/mol. The summed E-state index contributed by atoms with van der Waals surface area (Å²) in [6.45, 7) is 5.59. The van der Waals surface area contributed by atoms with Gasteiger partial charge in [-0.2, -0.15) is 0 Å². The number of hydrogen-bond acceptors (Lipinski definition) is 2. The predicted molar refractivity (Wildman–Crippen MR) is 81.2 cm³/mol. The van der Waals surface area contributed by atoms with Crippen LogP contribution in [0.1, 0.15) is 39.5 Å². The molecule has 0 bridgehead atoms. The molecule has 0 spiro atoms. The minimum Gasteiger partial charge on any atom is -0.330 e. The highest BCUT2D eigenvalue weighted by Gasteiger charge is 2.20. The van der Waals surface area contributed by atoms with Gasteiger partial charge in [0.05, 0.1) is 0 Å². The van der Waals surface area contributed by atoms with Crippen molar-refractivity contribution >= 4 is 11.6 Å². The molecule has 19 heavy (non-hydrogen) atoms. The van der Waals surface area contributed by atoms with Gasteiger partial charge in [-0.1, -0.05) is 38.5 Å². The van der Waals surface area contributed by atoms with E-state index in [4.69, 9.17) is 5.73 Å². The molecule has 1 aromatic rings. The van der Waals surface area contributed by atoms with E-state index >= 15 is 0 Å². The van der Waals surface area contributed by atoms with Gasteiger partial charge in [-0.25, -0.2) is 0 Å². The first kappa shape index (κ1) is 15.7. The Morgan fingerprint density at radius 1 is 1.26 bits per heavy atom. The molecule has 3 nitrogen and oxygen atoms in total. The number of benzene rings is 1. The zero-order valence-electron chi connectivity index (χ0n) is 12.1. The SMILES string of the molecule is CCCCN(C(=O)C(C)CCCN)c1ccccc1. The molecule has 3 heteroatoms. The molecule has 1 aromatic carbocycles. The Balaban J connectivity index is 2.76. The summed E-state index contributed by atoms with van der Waals surface area (Å²) in [6.07, 6.45) is 3.89. The van der Waals surface area contributed by atoms with Crippen LogP contribution in [-0.4, -0.2) is 19.0 Å². The van der Waals surface area contributed by atoms with E-state index in [-0.39, 0.29) is 11.8 Å². The van der Waals surface area contributed by atoms with Crippen LogP contribution in [-0.2, 0) is 4.79 Å². The lowest BCUT2D eigenvalue weighted by Crippen LogP contribution is -2.36. The molecule has 0 aromatic heterocycles. The topological polar surface area (TPSA) is 46.3 Å². The maximum absolute atomic E-state index is 12.5. The number of nitrogens with zero attached hydrogens (tertiary/aromatic N) is 1. The van der Waals surface area contributed by atoms with E-state index in [1.54, 1.807) is 0 Å². The third-order valence-corrected chi connectivity index (χ3v) is 3.33. The fourth-order valence-electron chi connectivity index (χ4n) is 2.10. The van der Waals surface area contributed by atoms with Gasteiger partial charge in [0, 0.05) is 18.2 Å². The van der Waals surface area contributed by atoms with Gasteiger partial charge >= 0.3 is 0 Å². The van der Waals surface area contributed by atoms with Crippen molar-refractivity contribution in [2.45, 2.75) is 39.5 Å². The fourth-order valence-corrected chi connectivity index (χ4v) is 2.10. The number of hydrogen-bond donors (Lipinski definition) is 1. The van der Waals surface area contributed by atoms with Gasteiger partial charge in [-0.3, -0.25) is 4.79 Å². The normalized spacial score (nSPS) is 12.2. The maximum atomic E-state index is 12.5. The van der Waals surface area contributed by atoms with Gasteiger partial charge in [-0.15, -0.1) is 0 Å². The van der Waals surface area contributed by atoms with Gasteiger partial charge in [0.25, 0.3) is 0 Å². The van der Waals surface area contributed by atoms with E-state index in [0.717, 1.165) is 37.9 Å². The summed E-state index contributed by atoms with van der Waals surface area (Å²) in [7, 11) is 0. The summed E-state index contributed by atoms with van der Waals surface area (Å²) in [5.74, 6) is 0.258. The average Bonchev–Trinajstić information content (AvgIpc) is 2.46. The number of unbranched alkanes of at least 4 members (excludes halogenated alkanes) is 1. The van der Waals surface area contributed by atoms with Crippen LogP contribution in [0.25, 0.3) is 0 Å². The molecule has 0 fully saturated rings. The van der Waals surface area contributed by atoms with Crippen LogP contribution < -0.4 is 10.6 Å². The number of rotatable bonds is 8. The van der Waals surface area contributed by atoms with E-state index in [9.17, 15) is 4.79 Å². The predicted octanol–water partition coefficient (Wildman–Crippen LogP) is 3.19. The van der Waals surface area contributed by atoms with Crippen LogP contribution in [0.3, 0.4) is 0 Å². The fraction of sp³-hybridized carbons (Fsp3) is 0.562. The Morgan fingerprint density at radius 3 is 2.53 bits per heavy atom. The number of amides is 1. The van der Waals surface area contributed by atoms with Crippen molar-refractivity contribution in [3.63, 3.8) is 0 Å². The summed E-state index contributed by atoms with van der Waals surface area (Å²) in [5.41, 5.74) is 6.52. The third-order valence-electron chi connectivity index (χ3n) is 3.33. The van der Waals surface area contributed by atoms with E-state index < -0.39 is 0 Å². The summed E-state index contributed by atoms with van der Waals surface area (Å²) >= 11 is 0. The van der Waals surface area contributed by atoms with Crippen LogP contribution in [0.4, 0.5) is 5.69 Å². The zero-order chi connectivity index (χ0) is 14.1. The van der Waals surface area contributed by atoms with Crippen molar-refractivity contribution in [3.8, 4) is 0 Å². The van der Waals surface area contributed by atoms with Gasteiger partial charge in [-0.05, 0) is 37.9 Å². The zero-order valence-corrected chi connectivity index (χ0v) is 12.1. The van der Waals surface area contributed by atoms with Crippen molar-refractivity contribution in [3.05, 3.63) is 30.3 Å². The lowest BCUT2D eigenvalue weighted by atomic mass is 10.0. The molecule has 0 saturated heterocycles. The third kappa shape index (κ3) is 5.03. The van der Waals surface area contributed by atoms with Crippen molar-refractivity contribution < 1.29 is 4.79 Å². The summed E-state index contributed by atoms with van der Waals surface area (Å²) < 4.78 is 0. The number of nitrogens with two attached hydrogens (primary N) is 1. The first-order valence-corrected chi connectivity index (χ1v) is 7.27. The highest BCUT2D eigenvalue weighted by Crippen LogP contribution is 2.19. The van der Waals surface area contributed by atoms with Crippen LogP contribution in [0.2, 0.25) is 0 Å². The molecule has 0 aliphatic rings. The second-order valence-corrected chi connectivity index (χ2v) is 5.01. The first-order valence-electron chi connectivity index (χ1n) is 7.27. The molecule has 0 heterocycles. The molecule has 1 rings (SSSR count). The van der Waals surface area contributed by atoms with E-state index in [0.29, 0.717) is 6.54 Å². The highest BCUT2D eigenvalue weighted by atomic mass is 16.2. The molecule has 0 saturated carbocycles. The van der Waals surface area contributed by atoms with Gasteiger partial charge in [0.15, 0.2) is 0 Å². The second-order valence-electron chi connectivity index (χ2n) is 5.01. The van der Waals surface area contributed by atoms with Crippen LogP contribution >= 0.6 is 0 Å². The summed E-state index contributed by atoms with van der Waals surface area (Å²) in [4.78, 5) is 14.5. The molecule has 1 atom stereocenters. The quantitative estimate of drug-likeness (QED) is 0.782. The Labute approximate surface area is 116 Å². The Hall–Kier alpha value is -1.35. The standard InChI is InChI=1S/C16H26N2O/c1-3-4-13-18(15-10-6-5-7-11-15)16(19)14(2)9-8-12-17/h5-7,10-11,14H,3-4,8-9,12-13,17H2,1-2H3. The van der Waals surface area contributed by atoms with Crippen molar-refractivity contribution in [2.24, 2.45) is 11.7 Å². The molecular formula is C16H26N2O. The lowest BCUT2D eigenvalue weighted by Gasteiger charge is -2.26. The van der Waals surface area contributed by atoms with Crippen molar-refractivity contribution in [1.82, 2.24) is 0 Å². The average molecular weight is 262 g/mol. The molecule has 1 amide bonds. The number of para-hydroxylation sites is 1. The molecular weight excluding hydrogens is 236 g/mol. The maximum Gasteiger partial charge on any atom is 0.229 e. The first-order chi connectivity index (χ1) is 9.20. The van der Waals surface area contributed by atoms with Gasteiger partial charge in [0.1, 0.15) is 0 Å². The summed E-state index contributed by atoms with van der Waals surface area (Å²) in [5, 5.41) is 0. The van der Waals surface area contributed by atoms with Crippen molar-refractivity contribution in [1.29, 1.82) is 0 Å². The molecule has 0 radical (unpaired) electrons. The molecule has 2 N–H and O–H groups in total. The lowest BCUT2D eigenvalue weighted by molar-refractivity contribution is -0.122. The molecule has 1 unspecified atom stereocenters. The van der Waals surface area contributed by atoms with Crippen LogP contribution in [0.5, 0.6) is 0 Å². The van der Waals surface area contributed by atoms with Gasteiger partial charge in [0.2, 0.25) is 5.91 Å². The van der Waals surface area contributed by atoms with Crippen LogP contribution in [0.15, 0.2) is 30.3 Å². The minimum absolute atomic E-state index is 0.0422.